The van der Waals surface area contributed by atoms with Gasteiger partial charge >= 0.3 is 12.2 Å². The highest BCUT2D eigenvalue weighted by Crippen LogP contribution is 2.55. The Balaban J connectivity index is 0.835. The molecule has 0 spiro atoms. The lowest BCUT2D eigenvalue weighted by Crippen LogP contribution is -2.54. The summed E-state index contributed by atoms with van der Waals surface area (Å²) in [4.78, 5) is 73.9. The predicted molar refractivity (Wildman–Crippen MR) is 239 cm³/mol. The molecule has 3 saturated heterocycles. The van der Waals surface area contributed by atoms with Crippen LogP contribution in [-0.4, -0.2) is 115 Å². The fraction of sp³-hybridized carbons (Fsp3) is 0.458. The summed E-state index contributed by atoms with van der Waals surface area (Å²) in [6.45, 7) is 4.86. The molecule has 4 N–H and O–H groups in total. The van der Waals surface area contributed by atoms with Crippen molar-refractivity contribution in [2.45, 2.75) is 88.6 Å². The second-order valence-corrected chi connectivity index (χ2v) is 19.0. The highest BCUT2D eigenvalue weighted by Gasteiger charge is 2.58. The Morgan fingerprint density at radius 3 is 2.06 bits per heavy atom. The van der Waals surface area contributed by atoms with E-state index in [1.54, 1.807) is 0 Å². The van der Waals surface area contributed by atoms with Gasteiger partial charge in [0.1, 0.15) is 34.6 Å². The average molecular weight is 889 g/mol. The number of alkyl carbamates (subject to hydrolysis) is 1. The highest BCUT2D eigenvalue weighted by molar-refractivity contribution is 6.32. The van der Waals surface area contributed by atoms with E-state index in [1.807, 2.05) is 42.0 Å². The molecule has 3 aromatic carbocycles. The second-order valence-electron chi connectivity index (χ2n) is 18.6. The van der Waals surface area contributed by atoms with Crippen LogP contribution >= 0.6 is 11.6 Å². The van der Waals surface area contributed by atoms with Crippen molar-refractivity contribution in [1.82, 2.24) is 40.0 Å². The predicted octanol–water partition coefficient (Wildman–Crippen LogP) is 8.05. The van der Waals surface area contributed by atoms with Gasteiger partial charge in [-0.15, -0.1) is 0 Å². The molecule has 5 aromatic rings. The summed E-state index contributed by atoms with van der Waals surface area (Å²) in [5, 5.41) is 15.1. The Hall–Kier alpha value is -5.93. The molecule has 0 bridgehead atoms. The molecule has 334 valence electrons. The summed E-state index contributed by atoms with van der Waals surface area (Å²) in [5.41, 5.74) is 5.39. The molecule has 2 saturated carbocycles. The van der Waals surface area contributed by atoms with Crippen molar-refractivity contribution in [2.24, 2.45) is 23.7 Å². The van der Waals surface area contributed by atoms with E-state index in [9.17, 15) is 24.3 Å². The Bertz CT molecular complexity index is 2620. The first-order chi connectivity index (χ1) is 30.9. The first-order valence-corrected chi connectivity index (χ1v) is 22.7. The van der Waals surface area contributed by atoms with Crippen LogP contribution in [0.1, 0.15) is 76.1 Å². The van der Waals surface area contributed by atoms with E-state index >= 15 is 0 Å². The molecular formula is C48H53ClN8O7. The summed E-state index contributed by atoms with van der Waals surface area (Å²) < 4.78 is 10.5. The van der Waals surface area contributed by atoms with Crippen LogP contribution < -0.4 is 5.32 Å². The fourth-order valence-corrected chi connectivity index (χ4v) is 11.0. The normalized spacial score (nSPS) is 24.6. The minimum Gasteiger partial charge on any atom is -0.465 e. The molecular weight excluding hydrogens is 836 g/mol. The van der Waals surface area contributed by atoms with E-state index in [0.29, 0.717) is 54.6 Å². The first-order valence-electron chi connectivity index (χ1n) is 22.4. The van der Waals surface area contributed by atoms with Crippen LogP contribution in [0.5, 0.6) is 0 Å². The summed E-state index contributed by atoms with van der Waals surface area (Å²) in [6, 6.07) is 19.1. The number of nitrogens with zero attached hydrogens (tertiary/aromatic N) is 5. The summed E-state index contributed by atoms with van der Waals surface area (Å²) in [6.07, 6.45) is 4.95. The second kappa shape index (κ2) is 16.6. The van der Waals surface area contributed by atoms with E-state index in [4.69, 9.17) is 31.0 Å². The van der Waals surface area contributed by atoms with Crippen molar-refractivity contribution in [2.75, 3.05) is 27.4 Å². The first kappa shape index (κ1) is 42.0. The van der Waals surface area contributed by atoms with Gasteiger partial charge in [0, 0.05) is 43.5 Å². The van der Waals surface area contributed by atoms with Gasteiger partial charge in [-0.1, -0.05) is 74.0 Å². The van der Waals surface area contributed by atoms with Crippen LogP contribution in [-0.2, 0) is 19.1 Å². The lowest BCUT2D eigenvalue weighted by molar-refractivity contribution is -0.140. The molecule has 2 aliphatic carbocycles. The number of nitrogens with one attached hydrogen (secondary N) is 3. The van der Waals surface area contributed by atoms with Crippen LogP contribution in [0.15, 0.2) is 66.9 Å². The van der Waals surface area contributed by atoms with Crippen LogP contribution in [0.2, 0.25) is 5.15 Å². The number of amides is 4. The Kier molecular flexibility index (Phi) is 10.9. The zero-order valence-electron chi connectivity index (χ0n) is 36.3. The van der Waals surface area contributed by atoms with E-state index in [2.05, 4.69) is 63.8 Å². The number of methoxy groups -OCH3 is 1. The van der Waals surface area contributed by atoms with Gasteiger partial charge in [0.15, 0.2) is 0 Å². The van der Waals surface area contributed by atoms with Crippen molar-refractivity contribution >= 4 is 46.4 Å². The number of likely N-dealkylation sites (tertiary alicyclic amines) is 2. The monoisotopic (exact) mass is 888 g/mol. The van der Waals surface area contributed by atoms with Crippen molar-refractivity contribution in [3.05, 3.63) is 83.7 Å². The Morgan fingerprint density at radius 1 is 0.828 bits per heavy atom. The lowest BCUT2D eigenvalue weighted by atomic mass is 9.90. The number of likely N-dealkylation sites (N-methyl/N-ethyl adjacent to an activating group) is 1. The Labute approximate surface area is 375 Å². The van der Waals surface area contributed by atoms with Gasteiger partial charge in [-0.2, -0.15) is 0 Å². The number of ether oxygens (including phenoxy) is 2. The molecule has 64 heavy (non-hydrogen) atoms. The summed E-state index contributed by atoms with van der Waals surface area (Å²) >= 11 is 6.79. The minimum atomic E-state index is -1.13. The molecule has 15 nitrogen and oxygen atoms in total. The molecule has 8 atom stereocenters. The van der Waals surface area contributed by atoms with Crippen molar-refractivity contribution < 1.29 is 33.8 Å². The number of fused-ring (bicyclic) bond motifs is 3. The molecule has 5 heterocycles. The van der Waals surface area contributed by atoms with Gasteiger partial charge in [-0.05, 0) is 96.2 Å². The number of piperidine rings is 2. The maximum Gasteiger partial charge on any atom is 0.407 e. The molecule has 10 rings (SSSR count). The zero-order valence-corrected chi connectivity index (χ0v) is 37.0. The SMILES string of the molecule is COC(=O)N[C@H](C(=O)N1[C@@H]2C[C@@H]2C[C@H]1c1ncc(-c2ccc3cc(-c4ccc(-c5nc([C@@H]6C[C@H]7C[C@H]7N6C(=O)[C@H](C(C)C)N(C)C(=O)O)[nH]c5Cl)cc4)ccc3c2)[nH]1)C1CCOCC1. The highest BCUT2D eigenvalue weighted by atomic mass is 35.5. The summed E-state index contributed by atoms with van der Waals surface area (Å²) in [7, 11) is 2.77. The number of aromatic nitrogens is 4. The van der Waals surface area contributed by atoms with E-state index in [-0.39, 0.29) is 47.8 Å². The number of carbonyl (C=O) groups is 4. The number of halogens is 1. The molecule has 0 unspecified atom stereocenters. The van der Waals surface area contributed by atoms with Crippen LogP contribution in [0.25, 0.3) is 44.4 Å². The molecule has 5 aliphatic rings. The molecule has 3 aliphatic heterocycles. The van der Waals surface area contributed by atoms with Crippen LogP contribution in [0, 0.1) is 23.7 Å². The van der Waals surface area contributed by atoms with Crippen molar-refractivity contribution in [3.8, 4) is 33.6 Å². The van der Waals surface area contributed by atoms with Gasteiger partial charge in [0.2, 0.25) is 11.8 Å². The van der Waals surface area contributed by atoms with E-state index in [0.717, 1.165) is 75.1 Å². The third-order valence-electron chi connectivity index (χ3n) is 14.3. The van der Waals surface area contributed by atoms with Gasteiger partial charge in [-0.25, -0.2) is 19.6 Å². The maximum absolute atomic E-state index is 14.3. The van der Waals surface area contributed by atoms with Crippen LogP contribution in [0.4, 0.5) is 9.59 Å². The molecule has 5 fully saturated rings. The lowest BCUT2D eigenvalue weighted by Gasteiger charge is -2.35. The molecule has 0 radical (unpaired) electrons. The van der Waals surface area contributed by atoms with Gasteiger partial charge < -0.3 is 39.7 Å². The number of hydrogen-bond acceptors (Lipinski definition) is 8. The Morgan fingerprint density at radius 2 is 1.42 bits per heavy atom. The van der Waals surface area contributed by atoms with Crippen molar-refractivity contribution in [1.29, 1.82) is 0 Å². The van der Waals surface area contributed by atoms with Crippen molar-refractivity contribution in [3.63, 3.8) is 0 Å². The number of H-pyrrole nitrogens is 2. The number of benzene rings is 3. The number of rotatable bonds is 11. The number of imidazole rings is 2. The van der Waals surface area contributed by atoms with Gasteiger partial charge in [0.05, 0.1) is 31.1 Å². The minimum absolute atomic E-state index is 0.0287. The number of carboxylic acid groups (broad SMARTS) is 1. The van der Waals surface area contributed by atoms with Crippen LogP contribution in [0.3, 0.4) is 0 Å². The zero-order chi connectivity index (χ0) is 44.6. The van der Waals surface area contributed by atoms with E-state index in [1.165, 1.54) is 14.2 Å². The number of carbonyl (C=O) groups excluding carboxylic acids is 3. The fourth-order valence-electron chi connectivity index (χ4n) is 10.8. The third-order valence-corrected chi connectivity index (χ3v) is 14.6. The number of aromatic amines is 2. The molecule has 4 amide bonds. The molecule has 16 heteroatoms. The quantitative estimate of drug-likeness (QED) is 0.102. The average Bonchev–Trinajstić information content (AvgIpc) is 3.94. The number of hydrogen-bond donors (Lipinski definition) is 4. The third kappa shape index (κ3) is 7.65. The molecule has 2 aromatic heterocycles. The smallest absolute Gasteiger partial charge is 0.407 e. The largest absolute Gasteiger partial charge is 0.465 e. The topological polar surface area (TPSA) is 186 Å². The van der Waals surface area contributed by atoms with E-state index < -0.39 is 24.3 Å². The maximum atomic E-state index is 14.3. The van der Waals surface area contributed by atoms with Gasteiger partial charge in [0.25, 0.3) is 0 Å². The summed E-state index contributed by atoms with van der Waals surface area (Å²) in [5.74, 6) is 1.66. The van der Waals surface area contributed by atoms with Gasteiger partial charge in [-0.3, -0.25) is 14.5 Å². The standard InChI is InChI=1S/C48H53ClN8O7/c1-24(2)41(55(3)48(61)62)46(59)57-36-20-33(36)22-38(57)44-52-39(42(49)54-44)26-7-5-25(6-8-26)28-9-10-30-18-31(12-11-29(30)17-28)34-23-50-43(51-34)37-21-32-19-35(32)56(37)45(58)40(53-47(60)63-4)27-13-15-64-16-14-27/h5-12,17-18,23-24,27,32-33,35-38,40-41H,13-16,19-22H2,1-4H3,(H,50,51)(H,52,54)(H,53,60)(H,61,62)/t32-,33-,35-,36-,37+,38+,40+,41+/m1/s1.